The number of likely N-dealkylation sites (N-methyl/N-ethyl adjacent to an activating group) is 2. The van der Waals surface area contributed by atoms with Gasteiger partial charge in [0.2, 0.25) is 11.2 Å². The molecule has 2 aliphatic rings. The van der Waals surface area contributed by atoms with Gasteiger partial charge >= 0.3 is 58.9 Å². The maximum atomic E-state index is 12.1. The van der Waals surface area contributed by atoms with Crippen molar-refractivity contribution in [3.63, 3.8) is 0 Å². The van der Waals surface area contributed by atoms with Crippen LogP contribution in [0.15, 0.2) is 77.9 Å². The van der Waals surface area contributed by atoms with Crippen LogP contribution >= 0.6 is 15.9 Å². The molecule has 2 fully saturated rings. The summed E-state index contributed by atoms with van der Waals surface area (Å²) in [5, 5.41) is 20.5. The summed E-state index contributed by atoms with van der Waals surface area (Å²) in [6, 6.07) is 17.2. The van der Waals surface area contributed by atoms with E-state index in [4.69, 9.17) is 11.5 Å². The molecule has 0 unspecified atom stereocenters. The first-order valence-electron chi connectivity index (χ1n) is 18.7. The van der Waals surface area contributed by atoms with E-state index in [1.807, 2.05) is 32.0 Å². The number of fused-ring (bicyclic) bond motifs is 2. The fraction of sp³-hybridized carbons (Fsp3) is 0.238. The van der Waals surface area contributed by atoms with Crippen LogP contribution in [0.25, 0.3) is 22.6 Å². The van der Waals surface area contributed by atoms with E-state index in [1.54, 1.807) is 78.0 Å². The molecule has 0 saturated carbocycles. The third-order valence-electron chi connectivity index (χ3n) is 9.51. The Morgan fingerprint density at radius 2 is 1.30 bits per heavy atom. The van der Waals surface area contributed by atoms with Gasteiger partial charge in [-0.3, -0.25) is 36.5 Å². The maximum Gasteiger partial charge on any atom is 1.00 e. The fourth-order valence-corrected chi connectivity index (χ4v) is 6.60. The predicted octanol–water partition coefficient (Wildman–Crippen LogP) is -0.0373. The number of carbonyl (C=O) groups is 4. The Labute approximate surface area is 416 Å². The number of amides is 4. The van der Waals surface area contributed by atoms with Gasteiger partial charge < -0.3 is 35.9 Å². The molecule has 64 heavy (non-hydrogen) atoms. The Hall–Kier alpha value is -5.43. The quantitative estimate of drug-likeness (QED) is 0.105. The molecule has 2 saturated heterocycles. The minimum atomic E-state index is -3.67. The molecule has 0 bridgehead atoms. The molecule has 0 radical (unpaired) electrons. The van der Waals surface area contributed by atoms with E-state index in [9.17, 15) is 42.3 Å². The molecule has 6 heterocycles. The van der Waals surface area contributed by atoms with E-state index in [2.05, 4.69) is 65.6 Å². The first kappa shape index (κ1) is 51.2. The number of aromatic nitrogens is 6. The van der Waals surface area contributed by atoms with Crippen LogP contribution in [-0.4, -0.2) is 118 Å². The minimum absolute atomic E-state index is 0. The van der Waals surface area contributed by atoms with Crippen LogP contribution in [-0.2, 0) is 9.59 Å². The second-order valence-corrected chi connectivity index (χ2v) is 14.9. The SMILES string of the molecule is CN1CC[C@@](O)(C#Cc2c[c-]ccc2)C1=O.Cc1cnc2c(-c3cccc(C#C[C@]4(O)CCN(C)C4=O)c3)nc(C(N)=O)cn12.Cc1cnc2c(Br)nc(C(N)=O)cn12.FB(F)F.[K+]. The molecule has 16 nitrogen and oxygen atoms in total. The Bertz CT molecular complexity index is 2850. The monoisotopic (exact) mass is 964 g/mol. The van der Waals surface area contributed by atoms with Gasteiger partial charge in [-0.05, 0) is 41.9 Å². The second kappa shape index (κ2) is 22.0. The van der Waals surface area contributed by atoms with Gasteiger partial charge in [0.05, 0.1) is 0 Å². The molecular weight excluding hydrogens is 927 g/mol. The zero-order valence-electron chi connectivity index (χ0n) is 35.1. The van der Waals surface area contributed by atoms with Gasteiger partial charge in [-0.15, -0.1) is 5.92 Å². The molecule has 22 heteroatoms. The van der Waals surface area contributed by atoms with Crippen LogP contribution in [0.3, 0.4) is 0 Å². The van der Waals surface area contributed by atoms with Crippen molar-refractivity contribution in [3.8, 4) is 34.9 Å². The third kappa shape index (κ3) is 12.4. The molecule has 8 rings (SSSR count). The molecule has 2 aromatic carbocycles. The van der Waals surface area contributed by atoms with Gasteiger partial charge in [0, 0.05) is 87.3 Å². The van der Waals surface area contributed by atoms with Crippen LogP contribution in [0.4, 0.5) is 12.9 Å². The third-order valence-corrected chi connectivity index (χ3v) is 10.0. The molecule has 4 amide bonds. The summed E-state index contributed by atoms with van der Waals surface area (Å²) in [6.45, 7) is 4.76. The molecular formula is C42H38BBrF3KN10O6. The Morgan fingerprint density at radius 3 is 1.78 bits per heavy atom. The number of rotatable bonds is 3. The summed E-state index contributed by atoms with van der Waals surface area (Å²) in [4.78, 5) is 66.2. The van der Waals surface area contributed by atoms with Crippen molar-refractivity contribution in [1.29, 1.82) is 0 Å². The molecule has 2 atom stereocenters. The van der Waals surface area contributed by atoms with E-state index < -0.39 is 36.5 Å². The van der Waals surface area contributed by atoms with Gasteiger partial charge in [0.1, 0.15) is 21.7 Å². The van der Waals surface area contributed by atoms with Crippen molar-refractivity contribution in [1.82, 2.24) is 38.5 Å². The van der Waals surface area contributed by atoms with Crippen molar-refractivity contribution in [3.05, 3.63) is 118 Å². The van der Waals surface area contributed by atoms with Crippen LogP contribution in [0.2, 0.25) is 0 Å². The van der Waals surface area contributed by atoms with Gasteiger partial charge in [-0.1, -0.05) is 35.5 Å². The summed E-state index contributed by atoms with van der Waals surface area (Å²) in [7, 11) is -0.365. The number of carbonyl (C=O) groups excluding carboxylic acids is 4. The summed E-state index contributed by atoms with van der Waals surface area (Å²) < 4.78 is 33.0. The number of aliphatic hydroxyl groups is 2. The summed E-state index contributed by atoms with van der Waals surface area (Å²) in [6.07, 6.45) is 7.16. The number of hydrogen-bond donors (Lipinski definition) is 4. The van der Waals surface area contributed by atoms with Gasteiger partial charge in [-0.2, -0.15) is 30.3 Å². The van der Waals surface area contributed by atoms with Gasteiger partial charge in [0.15, 0.2) is 11.3 Å². The van der Waals surface area contributed by atoms with Crippen LogP contribution in [0.5, 0.6) is 0 Å². The first-order chi connectivity index (χ1) is 29.7. The zero-order chi connectivity index (χ0) is 46.2. The zero-order valence-corrected chi connectivity index (χ0v) is 39.8. The van der Waals surface area contributed by atoms with Crippen molar-refractivity contribution in [2.45, 2.75) is 37.9 Å². The number of nitrogens with two attached hydrogens (primary N) is 2. The summed E-state index contributed by atoms with van der Waals surface area (Å²) in [5.41, 5.74) is 13.3. The number of likely N-dealkylation sites (tertiary alicyclic amines) is 2. The van der Waals surface area contributed by atoms with Gasteiger partial charge in [0.25, 0.3) is 23.6 Å². The van der Waals surface area contributed by atoms with Crippen LogP contribution in [0, 0.1) is 43.6 Å². The predicted molar refractivity (Wildman–Crippen MR) is 228 cm³/mol. The van der Waals surface area contributed by atoms with E-state index in [0.717, 1.165) is 17.0 Å². The Morgan fingerprint density at radius 1 is 0.812 bits per heavy atom. The number of primary amides is 2. The fourth-order valence-electron chi connectivity index (χ4n) is 6.11. The molecule has 6 N–H and O–H groups in total. The van der Waals surface area contributed by atoms with Crippen molar-refractivity contribution < 1.29 is 93.7 Å². The van der Waals surface area contributed by atoms with E-state index in [0.29, 0.717) is 52.2 Å². The van der Waals surface area contributed by atoms with E-state index in [1.165, 1.54) is 9.80 Å². The molecule has 324 valence electrons. The molecule has 0 spiro atoms. The Balaban J connectivity index is 0.000000217. The van der Waals surface area contributed by atoms with Crippen molar-refractivity contribution >= 4 is 58.4 Å². The number of hydrogen-bond acceptors (Lipinski definition) is 10. The minimum Gasteiger partial charge on any atom is -0.369 e. The second-order valence-electron chi connectivity index (χ2n) is 14.1. The molecule has 2 aliphatic heterocycles. The maximum absolute atomic E-state index is 12.1. The van der Waals surface area contributed by atoms with Crippen LogP contribution < -0.4 is 62.9 Å². The summed E-state index contributed by atoms with van der Waals surface area (Å²) >= 11 is 3.23. The topological polar surface area (TPSA) is 228 Å². The van der Waals surface area contributed by atoms with E-state index in [-0.39, 0.29) is 75.1 Å². The van der Waals surface area contributed by atoms with Gasteiger partial charge in [-0.25, -0.2) is 19.9 Å². The normalized spacial score (nSPS) is 17.3. The standard InChI is InChI=1S/C21H19N5O3.C13H12NO2.C8H7BrN4O.BF3.K/c1-13-11-23-19-17(24-16(18(22)27)12-26(13)19)15-5-3-4-14(10-15)6-7-21(29)8-9-25(2)20(21)28;1-14-10-9-13(16,12(14)15)8-7-11-5-3-2-4-6-11;1-4-2-11-8-6(9)12-5(7(10)14)3-13(4)8;2-1(3)4;/h3-5,10-12,29H,8-9H2,1-2H3,(H2,22,27);2-3,5-6,16H,9-10H2,1H3;2-3H,1H3,(H2,10,14);;/q;-1;;;+1/t21-;13-;;;/m00.../s1. The first-order valence-corrected chi connectivity index (χ1v) is 19.5. The molecule has 6 aromatic rings. The average Bonchev–Trinajstić information content (AvgIpc) is 3.98. The number of halogens is 4. The number of aryl methyl sites for hydroxylation is 2. The largest absolute Gasteiger partial charge is 1.00 e. The van der Waals surface area contributed by atoms with Crippen molar-refractivity contribution in [2.24, 2.45) is 11.5 Å². The van der Waals surface area contributed by atoms with Crippen LogP contribution in [0.1, 0.15) is 56.3 Å². The average molecular weight is 966 g/mol. The number of benzene rings is 2. The molecule has 4 aromatic heterocycles. The Kier molecular flexibility index (Phi) is 17.6. The van der Waals surface area contributed by atoms with E-state index >= 15 is 0 Å². The van der Waals surface area contributed by atoms with Crippen molar-refractivity contribution in [2.75, 3.05) is 27.2 Å². The molecule has 0 aliphatic carbocycles. The number of nitrogens with zero attached hydrogens (tertiary/aromatic N) is 8. The summed E-state index contributed by atoms with van der Waals surface area (Å²) in [5.74, 6) is 9.13. The number of imidazole rings is 2. The smallest absolute Gasteiger partial charge is 0.369 e.